The van der Waals surface area contributed by atoms with Crippen molar-refractivity contribution in [2.45, 2.75) is 6.92 Å². The van der Waals surface area contributed by atoms with Gasteiger partial charge in [0.25, 0.3) is 11.8 Å². The highest BCUT2D eigenvalue weighted by Gasteiger charge is 2.36. The Balaban J connectivity index is 2.00. The molecule has 2 aromatic rings. The van der Waals surface area contributed by atoms with Crippen LogP contribution in [-0.2, 0) is 9.59 Å². The zero-order valence-electron chi connectivity index (χ0n) is 14.5. The minimum Gasteiger partial charge on any atom is -0.491 e. The Bertz CT molecular complexity index is 984. The fourth-order valence-electron chi connectivity index (χ4n) is 2.59. The number of amides is 4. The number of hydrogen-bond acceptors (Lipinski definition) is 4. The number of carbonyl (C=O) groups excluding carboxylic acids is 3. The molecule has 144 valence electrons. The molecule has 9 heteroatoms. The molecule has 4 amide bonds. The van der Waals surface area contributed by atoms with Crippen molar-refractivity contribution in [1.82, 2.24) is 5.32 Å². The summed E-state index contributed by atoms with van der Waals surface area (Å²) < 4.78 is 19.1. The molecule has 1 heterocycles. The van der Waals surface area contributed by atoms with Crippen molar-refractivity contribution in [2.24, 2.45) is 0 Å². The van der Waals surface area contributed by atoms with Gasteiger partial charge in [-0.05, 0) is 70.9 Å². The van der Waals surface area contributed by atoms with Crippen LogP contribution < -0.4 is 15.0 Å². The lowest BCUT2D eigenvalue weighted by Crippen LogP contribution is -2.54. The van der Waals surface area contributed by atoms with Gasteiger partial charge in [0.05, 0.1) is 21.8 Å². The van der Waals surface area contributed by atoms with Crippen LogP contribution in [0.5, 0.6) is 5.75 Å². The average Bonchev–Trinajstić information content (AvgIpc) is 2.63. The molecule has 1 saturated heterocycles. The van der Waals surface area contributed by atoms with E-state index in [0.717, 1.165) is 17.0 Å². The van der Waals surface area contributed by atoms with Crippen LogP contribution in [0.1, 0.15) is 12.5 Å². The highest BCUT2D eigenvalue weighted by molar-refractivity contribution is 9.10. The van der Waals surface area contributed by atoms with Crippen molar-refractivity contribution >= 4 is 57.1 Å². The maximum absolute atomic E-state index is 13.1. The van der Waals surface area contributed by atoms with Gasteiger partial charge in [0.2, 0.25) is 0 Å². The van der Waals surface area contributed by atoms with Crippen LogP contribution in [0.15, 0.2) is 46.4 Å². The summed E-state index contributed by atoms with van der Waals surface area (Å²) in [6, 6.07) is 7.00. The number of nitrogens with zero attached hydrogens (tertiary/aromatic N) is 1. The summed E-state index contributed by atoms with van der Waals surface area (Å²) in [5.74, 6) is -1.75. The number of halogens is 3. The van der Waals surface area contributed by atoms with Crippen LogP contribution in [0.3, 0.4) is 0 Å². The summed E-state index contributed by atoms with van der Waals surface area (Å²) >= 11 is 9.53. The number of ether oxygens (including phenoxy) is 1. The quantitative estimate of drug-likeness (QED) is 0.537. The third-order valence-electron chi connectivity index (χ3n) is 3.81. The fraction of sp³-hybridized carbons (Fsp3) is 0.105. The van der Waals surface area contributed by atoms with E-state index in [9.17, 15) is 18.8 Å². The first-order valence-corrected chi connectivity index (χ1v) is 9.27. The number of hydrogen-bond donors (Lipinski definition) is 1. The van der Waals surface area contributed by atoms with Gasteiger partial charge in [0.1, 0.15) is 11.4 Å². The highest BCUT2D eigenvalue weighted by atomic mass is 79.9. The Hall–Kier alpha value is -2.71. The summed E-state index contributed by atoms with van der Waals surface area (Å²) in [5.41, 5.74) is 0.316. The minimum absolute atomic E-state index is 0.133. The molecule has 0 spiro atoms. The zero-order valence-corrected chi connectivity index (χ0v) is 16.8. The van der Waals surface area contributed by atoms with Gasteiger partial charge in [0.15, 0.2) is 5.75 Å². The average molecular weight is 468 g/mol. The van der Waals surface area contributed by atoms with E-state index in [1.807, 2.05) is 6.92 Å². The molecule has 0 radical (unpaired) electrons. The molecular formula is C19H13BrClFN2O4. The fourth-order valence-corrected chi connectivity index (χ4v) is 3.58. The molecule has 0 saturated carbocycles. The number of anilines is 1. The van der Waals surface area contributed by atoms with E-state index in [2.05, 4.69) is 21.2 Å². The number of rotatable bonds is 4. The Kier molecular flexibility index (Phi) is 5.81. The maximum Gasteiger partial charge on any atom is 0.335 e. The molecule has 0 atom stereocenters. The van der Waals surface area contributed by atoms with E-state index in [1.165, 1.54) is 24.3 Å². The van der Waals surface area contributed by atoms with Gasteiger partial charge in [-0.25, -0.2) is 14.1 Å². The second-order valence-corrected chi connectivity index (χ2v) is 6.94. The predicted molar refractivity (Wildman–Crippen MR) is 106 cm³/mol. The van der Waals surface area contributed by atoms with Gasteiger partial charge in [-0.15, -0.1) is 0 Å². The monoisotopic (exact) mass is 466 g/mol. The van der Waals surface area contributed by atoms with Crippen molar-refractivity contribution in [1.29, 1.82) is 0 Å². The van der Waals surface area contributed by atoms with E-state index in [0.29, 0.717) is 27.4 Å². The molecule has 6 nitrogen and oxygen atoms in total. The topological polar surface area (TPSA) is 75.7 Å². The zero-order chi connectivity index (χ0) is 20.4. The molecule has 1 N–H and O–H groups in total. The third kappa shape index (κ3) is 3.93. The van der Waals surface area contributed by atoms with Crippen molar-refractivity contribution in [2.75, 3.05) is 11.5 Å². The van der Waals surface area contributed by atoms with Crippen molar-refractivity contribution in [3.05, 3.63) is 62.8 Å². The number of urea groups is 1. The number of barbiturate groups is 1. The van der Waals surface area contributed by atoms with Gasteiger partial charge >= 0.3 is 6.03 Å². The predicted octanol–water partition coefficient (Wildman–Crippen LogP) is 4.31. The van der Waals surface area contributed by atoms with Crippen LogP contribution in [0, 0.1) is 5.82 Å². The standard InChI is InChI=1S/C19H13BrClFN2O4/c1-2-28-16-14(20)8-10(9-15(16)21)7-13-17(25)23-19(27)24(18(13)26)12-5-3-11(22)4-6-12/h3-9H,2H2,1H3,(H,23,25,27)/b13-7+. The molecule has 0 unspecified atom stereocenters. The van der Waals surface area contributed by atoms with Gasteiger partial charge in [-0.3, -0.25) is 14.9 Å². The Morgan fingerprint density at radius 3 is 2.50 bits per heavy atom. The molecule has 0 aromatic heterocycles. The van der Waals surface area contributed by atoms with Crippen LogP contribution in [0.2, 0.25) is 5.02 Å². The van der Waals surface area contributed by atoms with Crippen LogP contribution >= 0.6 is 27.5 Å². The number of benzene rings is 2. The molecule has 28 heavy (non-hydrogen) atoms. The van der Waals surface area contributed by atoms with Gasteiger partial charge in [-0.2, -0.15) is 0 Å². The molecule has 2 aromatic carbocycles. The Morgan fingerprint density at radius 1 is 1.21 bits per heavy atom. The molecule has 1 fully saturated rings. The lowest BCUT2D eigenvalue weighted by molar-refractivity contribution is -0.122. The van der Waals surface area contributed by atoms with Crippen molar-refractivity contribution in [3.8, 4) is 5.75 Å². The van der Waals surface area contributed by atoms with Crippen molar-refractivity contribution < 1.29 is 23.5 Å². The summed E-state index contributed by atoms with van der Waals surface area (Å²) in [5, 5.41) is 2.39. The Labute approximate surface area is 173 Å². The summed E-state index contributed by atoms with van der Waals surface area (Å²) in [7, 11) is 0. The van der Waals surface area contributed by atoms with E-state index in [-0.39, 0.29) is 11.3 Å². The maximum atomic E-state index is 13.1. The van der Waals surface area contributed by atoms with Crippen LogP contribution in [-0.4, -0.2) is 24.5 Å². The first-order valence-electron chi connectivity index (χ1n) is 8.10. The second-order valence-electron chi connectivity index (χ2n) is 5.68. The molecule has 1 aliphatic rings. The summed E-state index contributed by atoms with van der Waals surface area (Å²) in [6.07, 6.45) is 1.31. The summed E-state index contributed by atoms with van der Waals surface area (Å²) in [6.45, 7) is 2.22. The highest BCUT2D eigenvalue weighted by Crippen LogP contribution is 2.35. The summed E-state index contributed by atoms with van der Waals surface area (Å²) in [4.78, 5) is 37.9. The van der Waals surface area contributed by atoms with Crippen LogP contribution in [0.25, 0.3) is 6.08 Å². The molecule has 0 bridgehead atoms. The first kappa shape index (κ1) is 20.0. The van der Waals surface area contributed by atoms with E-state index in [4.69, 9.17) is 16.3 Å². The Morgan fingerprint density at radius 2 is 1.89 bits per heavy atom. The number of imide groups is 2. The largest absolute Gasteiger partial charge is 0.491 e. The van der Waals surface area contributed by atoms with Crippen LogP contribution in [0.4, 0.5) is 14.9 Å². The van der Waals surface area contributed by atoms with Crippen molar-refractivity contribution in [3.63, 3.8) is 0 Å². The van der Waals surface area contributed by atoms with Gasteiger partial charge in [0, 0.05) is 0 Å². The lowest BCUT2D eigenvalue weighted by atomic mass is 10.1. The second kappa shape index (κ2) is 8.12. The number of nitrogens with one attached hydrogen (secondary N) is 1. The van der Waals surface area contributed by atoms with Gasteiger partial charge < -0.3 is 4.74 Å². The first-order chi connectivity index (χ1) is 13.3. The normalized spacial score (nSPS) is 15.8. The van der Waals surface area contributed by atoms with E-state index >= 15 is 0 Å². The van der Waals surface area contributed by atoms with Gasteiger partial charge in [-0.1, -0.05) is 11.6 Å². The SMILES string of the molecule is CCOc1c(Cl)cc(/C=C2\C(=O)NC(=O)N(c3ccc(F)cc3)C2=O)cc1Br. The molecule has 0 aliphatic carbocycles. The number of carbonyl (C=O) groups is 3. The smallest absolute Gasteiger partial charge is 0.335 e. The molecular weight excluding hydrogens is 455 g/mol. The lowest BCUT2D eigenvalue weighted by Gasteiger charge is -2.26. The minimum atomic E-state index is -0.912. The van der Waals surface area contributed by atoms with E-state index < -0.39 is 23.7 Å². The third-order valence-corrected chi connectivity index (χ3v) is 4.68. The molecule has 1 aliphatic heterocycles. The molecule has 3 rings (SSSR count). The van der Waals surface area contributed by atoms with E-state index in [1.54, 1.807) is 6.07 Å².